The maximum atomic E-state index is 12.4. The Bertz CT molecular complexity index is 285. The topological polar surface area (TPSA) is 26.8 Å². The first-order chi connectivity index (χ1) is 8.58. The van der Waals surface area contributed by atoms with Gasteiger partial charge in [0.15, 0.2) is 0 Å². The van der Waals surface area contributed by atoms with Crippen molar-refractivity contribution in [2.75, 3.05) is 40.3 Å². The van der Waals surface area contributed by atoms with E-state index in [0.29, 0.717) is 12.0 Å². The SMILES string of the molecule is CC1CCCN(C(=O)N2CCC(N(C)C)CC2)C1. The zero-order valence-electron chi connectivity index (χ0n) is 12.1. The molecule has 0 aromatic carbocycles. The van der Waals surface area contributed by atoms with Gasteiger partial charge >= 0.3 is 6.03 Å². The molecule has 1 atom stereocenters. The van der Waals surface area contributed by atoms with Crippen molar-refractivity contribution in [3.63, 3.8) is 0 Å². The second-order valence-corrected chi connectivity index (χ2v) is 6.16. The van der Waals surface area contributed by atoms with E-state index in [1.165, 1.54) is 12.8 Å². The van der Waals surface area contributed by atoms with Crippen LogP contribution in [0.15, 0.2) is 0 Å². The number of carbonyl (C=O) groups excluding carboxylic acids is 1. The summed E-state index contributed by atoms with van der Waals surface area (Å²) in [7, 11) is 4.27. The molecule has 0 aromatic heterocycles. The summed E-state index contributed by atoms with van der Waals surface area (Å²) >= 11 is 0. The van der Waals surface area contributed by atoms with Gasteiger partial charge < -0.3 is 14.7 Å². The Balaban J connectivity index is 1.83. The molecule has 4 heteroatoms. The Morgan fingerprint density at radius 1 is 1.06 bits per heavy atom. The lowest BCUT2D eigenvalue weighted by atomic mass is 10.0. The van der Waals surface area contributed by atoms with Crippen molar-refractivity contribution in [2.24, 2.45) is 5.92 Å². The van der Waals surface area contributed by atoms with Crippen LogP contribution in [0.5, 0.6) is 0 Å². The fourth-order valence-electron chi connectivity index (χ4n) is 3.14. The van der Waals surface area contributed by atoms with Gasteiger partial charge in [-0.1, -0.05) is 6.92 Å². The number of likely N-dealkylation sites (tertiary alicyclic amines) is 2. The maximum Gasteiger partial charge on any atom is 0.320 e. The van der Waals surface area contributed by atoms with Gasteiger partial charge in [-0.05, 0) is 45.7 Å². The lowest BCUT2D eigenvalue weighted by Gasteiger charge is -2.39. The molecule has 0 saturated carbocycles. The van der Waals surface area contributed by atoms with Crippen molar-refractivity contribution >= 4 is 6.03 Å². The van der Waals surface area contributed by atoms with Gasteiger partial charge in [-0.25, -0.2) is 4.79 Å². The predicted molar refractivity (Wildman–Crippen MR) is 73.6 cm³/mol. The zero-order valence-corrected chi connectivity index (χ0v) is 12.1. The van der Waals surface area contributed by atoms with Gasteiger partial charge in [-0.3, -0.25) is 0 Å². The molecule has 2 fully saturated rings. The third-order valence-electron chi connectivity index (χ3n) is 4.39. The molecule has 0 spiro atoms. The fourth-order valence-corrected chi connectivity index (χ4v) is 3.14. The van der Waals surface area contributed by atoms with E-state index >= 15 is 0 Å². The second kappa shape index (κ2) is 5.91. The van der Waals surface area contributed by atoms with Crippen molar-refractivity contribution in [2.45, 2.75) is 38.6 Å². The van der Waals surface area contributed by atoms with E-state index in [1.54, 1.807) is 0 Å². The molecule has 0 bridgehead atoms. The number of amides is 2. The van der Waals surface area contributed by atoms with Gasteiger partial charge in [0.1, 0.15) is 0 Å². The van der Waals surface area contributed by atoms with Gasteiger partial charge in [-0.2, -0.15) is 0 Å². The van der Waals surface area contributed by atoms with Crippen LogP contribution < -0.4 is 0 Å². The van der Waals surface area contributed by atoms with Gasteiger partial charge in [0.25, 0.3) is 0 Å². The lowest BCUT2D eigenvalue weighted by molar-refractivity contribution is 0.106. The predicted octanol–water partition coefficient (Wildman–Crippen LogP) is 1.86. The number of rotatable bonds is 1. The molecular formula is C14H27N3O. The van der Waals surface area contributed by atoms with Gasteiger partial charge in [-0.15, -0.1) is 0 Å². The van der Waals surface area contributed by atoms with Crippen molar-refractivity contribution in [3.8, 4) is 0 Å². The summed E-state index contributed by atoms with van der Waals surface area (Å²) in [4.78, 5) is 18.8. The quantitative estimate of drug-likeness (QED) is 0.713. The Morgan fingerprint density at radius 3 is 2.28 bits per heavy atom. The summed E-state index contributed by atoms with van der Waals surface area (Å²) in [5.41, 5.74) is 0. The number of hydrogen-bond donors (Lipinski definition) is 0. The molecule has 2 heterocycles. The average Bonchev–Trinajstić information content (AvgIpc) is 2.38. The Hall–Kier alpha value is -0.770. The normalized spacial score (nSPS) is 26.8. The van der Waals surface area contributed by atoms with E-state index in [4.69, 9.17) is 0 Å². The summed E-state index contributed by atoms with van der Waals surface area (Å²) in [6.07, 6.45) is 4.66. The van der Waals surface area contributed by atoms with Crippen LogP contribution in [0.3, 0.4) is 0 Å². The molecule has 4 nitrogen and oxygen atoms in total. The molecule has 0 radical (unpaired) electrons. The number of nitrogens with zero attached hydrogens (tertiary/aromatic N) is 3. The Kier molecular flexibility index (Phi) is 4.49. The van der Waals surface area contributed by atoms with Gasteiger partial charge in [0, 0.05) is 32.2 Å². The molecule has 0 aromatic rings. The fraction of sp³-hybridized carbons (Fsp3) is 0.929. The van der Waals surface area contributed by atoms with Crippen LogP contribution in [0.1, 0.15) is 32.6 Å². The summed E-state index contributed by atoms with van der Waals surface area (Å²) in [6, 6.07) is 0.924. The number of hydrogen-bond acceptors (Lipinski definition) is 2. The van der Waals surface area contributed by atoms with Crippen LogP contribution in [0.25, 0.3) is 0 Å². The summed E-state index contributed by atoms with van der Waals surface area (Å²) in [5, 5.41) is 0. The summed E-state index contributed by atoms with van der Waals surface area (Å²) < 4.78 is 0. The highest BCUT2D eigenvalue weighted by Gasteiger charge is 2.28. The van der Waals surface area contributed by atoms with E-state index in [9.17, 15) is 4.79 Å². The van der Waals surface area contributed by atoms with Crippen LogP contribution >= 0.6 is 0 Å². The van der Waals surface area contributed by atoms with Crippen molar-refractivity contribution < 1.29 is 4.79 Å². The average molecular weight is 253 g/mol. The Morgan fingerprint density at radius 2 is 1.72 bits per heavy atom. The largest absolute Gasteiger partial charge is 0.325 e. The first kappa shape index (κ1) is 13.7. The van der Waals surface area contributed by atoms with E-state index in [1.807, 2.05) is 0 Å². The number of urea groups is 1. The number of carbonyl (C=O) groups is 1. The minimum Gasteiger partial charge on any atom is -0.325 e. The highest BCUT2D eigenvalue weighted by Crippen LogP contribution is 2.20. The van der Waals surface area contributed by atoms with E-state index < -0.39 is 0 Å². The maximum absolute atomic E-state index is 12.4. The van der Waals surface area contributed by atoms with Gasteiger partial charge in [0.05, 0.1) is 0 Å². The van der Waals surface area contributed by atoms with E-state index in [-0.39, 0.29) is 6.03 Å². The molecule has 2 aliphatic heterocycles. The second-order valence-electron chi connectivity index (χ2n) is 6.16. The monoisotopic (exact) mass is 253 g/mol. The molecule has 2 rings (SSSR count). The summed E-state index contributed by atoms with van der Waals surface area (Å²) in [6.45, 7) is 6.00. The highest BCUT2D eigenvalue weighted by molar-refractivity contribution is 5.74. The van der Waals surface area contributed by atoms with Crippen molar-refractivity contribution in [3.05, 3.63) is 0 Å². The van der Waals surface area contributed by atoms with Crippen molar-refractivity contribution in [1.82, 2.24) is 14.7 Å². The molecule has 104 valence electrons. The van der Waals surface area contributed by atoms with Crippen molar-refractivity contribution in [1.29, 1.82) is 0 Å². The first-order valence-corrected chi connectivity index (χ1v) is 7.28. The lowest BCUT2D eigenvalue weighted by Crippen LogP contribution is -2.51. The van der Waals surface area contributed by atoms with Crippen LogP contribution in [-0.2, 0) is 0 Å². The van der Waals surface area contributed by atoms with Gasteiger partial charge in [0.2, 0.25) is 0 Å². The molecular weight excluding hydrogens is 226 g/mol. The zero-order chi connectivity index (χ0) is 13.1. The molecule has 2 amide bonds. The van der Waals surface area contributed by atoms with Crippen LogP contribution in [0.4, 0.5) is 4.79 Å². The highest BCUT2D eigenvalue weighted by atomic mass is 16.2. The number of piperidine rings is 2. The molecule has 2 saturated heterocycles. The van der Waals surface area contributed by atoms with Crippen LogP contribution in [-0.4, -0.2) is 67.0 Å². The molecule has 0 N–H and O–H groups in total. The third-order valence-corrected chi connectivity index (χ3v) is 4.39. The summed E-state index contributed by atoms with van der Waals surface area (Å²) in [5.74, 6) is 0.669. The minimum atomic E-state index is 0.277. The Labute approximate surface area is 111 Å². The van der Waals surface area contributed by atoms with E-state index in [0.717, 1.165) is 39.0 Å². The van der Waals surface area contributed by atoms with E-state index in [2.05, 4.69) is 35.7 Å². The van der Waals surface area contributed by atoms with Crippen LogP contribution in [0, 0.1) is 5.92 Å². The third kappa shape index (κ3) is 3.16. The molecule has 1 unspecified atom stereocenters. The molecule has 18 heavy (non-hydrogen) atoms. The smallest absolute Gasteiger partial charge is 0.320 e. The van der Waals surface area contributed by atoms with Crippen LogP contribution in [0.2, 0.25) is 0 Å². The molecule has 0 aliphatic carbocycles. The minimum absolute atomic E-state index is 0.277. The standard InChI is InChI=1S/C14H27N3O/c1-12-5-4-8-17(11-12)14(18)16-9-6-13(7-10-16)15(2)3/h12-13H,4-11H2,1-3H3. The first-order valence-electron chi connectivity index (χ1n) is 7.28. The molecule has 2 aliphatic rings.